The van der Waals surface area contributed by atoms with E-state index >= 15 is 0 Å². The molecule has 0 spiro atoms. The van der Waals surface area contributed by atoms with Crippen LogP contribution in [0.2, 0.25) is 0 Å². The van der Waals surface area contributed by atoms with E-state index in [-0.39, 0.29) is 5.97 Å². The van der Waals surface area contributed by atoms with Gasteiger partial charge in [0.15, 0.2) is 0 Å². The second-order valence-electron chi connectivity index (χ2n) is 5.77. The van der Waals surface area contributed by atoms with Crippen molar-refractivity contribution in [1.29, 1.82) is 0 Å². The summed E-state index contributed by atoms with van der Waals surface area (Å²) < 4.78 is 10.5. The molecule has 0 aromatic rings. The van der Waals surface area contributed by atoms with Gasteiger partial charge in [0.1, 0.15) is 5.54 Å². The molecule has 19 heavy (non-hydrogen) atoms. The number of rotatable bonds is 7. The fourth-order valence-corrected chi connectivity index (χ4v) is 3.92. The van der Waals surface area contributed by atoms with Gasteiger partial charge < -0.3 is 9.47 Å². The molecule has 1 heterocycles. The van der Waals surface area contributed by atoms with Crippen LogP contribution in [0.15, 0.2) is 0 Å². The average Bonchev–Trinajstić information content (AvgIpc) is 3.10. The molecule has 1 N–H and O–H groups in total. The topological polar surface area (TPSA) is 47.6 Å². The monoisotopic (exact) mass is 287 g/mol. The minimum absolute atomic E-state index is 0.143. The summed E-state index contributed by atoms with van der Waals surface area (Å²) in [4.78, 5) is 12.0. The fraction of sp³-hybridized carbons (Fsp3) is 0.929. The van der Waals surface area contributed by atoms with Gasteiger partial charge in [0.25, 0.3) is 0 Å². The highest BCUT2D eigenvalue weighted by Gasteiger charge is 2.39. The maximum Gasteiger partial charge on any atom is 0.325 e. The average molecular weight is 287 g/mol. The van der Waals surface area contributed by atoms with Crippen LogP contribution in [0.4, 0.5) is 0 Å². The smallest absolute Gasteiger partial charge is 0.325 e. The number of methoxy groups -OCH3 is 1. The Bertz CT molecular complexity index is 322. The Morgan fingerprint density at radius 2 is 2.21 bits per heavy atom. The molecule has 110 valence electrons. The van der Waals surface area contributed by atoms with Crippen molar-refractivity contribution in [3.05, 3.63) is 0 Å². The summed E-state index contributed by atoms with van der Waals surface area (Å²) in [6.07, 6.45) is 4.62. The van der Waals surface area contributed by atoms with E-state index in [2.05, 4.69) is 12.2 Å². The minimum Gasteiger partial charge on any atom is -0.468 e. The molecule has 4 nitrogen and oxygen atoms in total. The largest absolute Gasteiger partial charge is 0.468 e. The van der Waals surface area contributed by atoms with E-state index in [9.17, 15) is 4.79 Å². The first-order valence-corrected chi connectivity index (χ1v) is 8.19. The summed E-state index contributed by atoms with van der Waals surface area (Å²) >= 11 is 1.92. The molecule has 5 heteroatoms. The molecule has 3 atom stereocenters. The van der Waals surface area contributed by atoms with Crippen LogP contribution in [0.1, 0.15) is 39.5 Å². The van der Waals surface area contributed by atoms with Crippen LogP contribution in [0, 0.1) is 0 Å². The lowest BCUT2D eigenvalue weighted by Gasteiger charge is -2.28. The molecule has 2 aliphatic rings. The minimum atomic E-state index is -0.536. The number of nitrogens with one attached hydrogen (secondary N) is 1. The summed E-state index contributed by atoms with van der Waals surface area (Å²) in [5.41, 5.74) is -0.536. The Hall–Kier alpha value is -0.260. The van der Waals surface area contributed by atoms with Gasteiger partial charge in [-0.3, -0.25) is 10.1 Å². The van der Waals surface area contributed by atoms with Crippen LogP contribution in [0.5, 0.6) is 0 Å². The lowest BCUT2D eigenvalue weighted by molar-refractivity contribution is -0.148. The van der Waals surface area contributed by atoms with Crippen molar-refractivity contribution < 1.29 is 14.3 Å². The standard InChI is InChI=1S/C14H25NO3S/c1-10-12(6-8-18-10)19-9-7-14(2,13(16)17-3)15-11-4-5-11/h10-12,15H,4-9H2,1-3H3. The maximum absolute atomic E-state index is 12.0. The van der Waals surface area contributed by atoms with Gasteiger partial charge in [-0.25, -0.2) is 0 Å². The Morgan fingerprint density at radius 1 is 1.47 bits per heavy atom. The van der Waals surface area contributed by atoms with E-state index in [1.54, 1.807) is 0 Å². The van der Waals surface area contributed by atoms with Crippen LogP contribution < -0.4 is 5.32 Å². The molecular weight excluding hydrogens is 262 g/mol. The second-order valence-corrected chi connectivity index (χ2v) is 7.11. The first kappa shape index (κ1) is 15.1. The maximum atomic E-state index is 12.0. The van der Waals surface area contributed by atoms with Gasteiger partial charge in [0.05, 0.1) is 13.2 Å². The summed E-state index contributed by atoms with van der Waals surface area (Å²) in [7, 11) is 1.47. The van der Waals surface area contributed by atoms with Crippen molar-refractivity contribution in [1.82, 2.24) is 5.32 Å². The lowest BCUT2D eigenvalue weighted by Crippen LogP contribution is -2.51. The SMILES string of the molecule is COC(=O)C(C)(CCSC1CCOC1C)NC1CC1. The van der Waals surface area contributed by atoms with Crippen molar-refractivity contribution in [2.24, 2.45) is 0 Å². The van der Waals surface area contributed by atoms with Gasteiger partial charge in [-0.1, -0.05) is 0 Å². The summed E-state index contributed by atoms with van der Waals surface area (Å²) in [6, 6.07) is 0.503. The lowest BCUT2D eigenvalue weighted by atomic mass is 9.99. The first-order chi connectivity index (χ1) is 9.05. The molecule has 0 aromatic carbocycles. The molecule has 1 aliphatic carbocycles. The number of thioether (sulfide) groups is 1. The van der Waals surface area contributed by atoms with Gasteiger partial charge in [0, 0.05) is 17.9 Å². The van der Waals surface area contributed by atoms with Gasteiger partial charge in [-0.15, -0.1) is 0 Å². The zero-order chi connectivity index (χ0) is 13.9. The van der Waals surface area contributed by atoms with E-state index in [0.29, 0.717) is 17.4 Å². The normalized spacial score (nSPS) is 30.1. The highest BCUT2D eigenvalue weighted by atomic mass is 32.2. The summed E-state index contributed by atoms with van der Waals surface area (Å²) in [5.74, 6) is 0.819. The molecule has 0 radical (unpaired) electrons. The van der Waals surface area contributed by atoms with Gasteiger partial charge >= 0.3 is 5.97 Å². The van der Waals surface area contributed by atoms with Crippen molar-refractivity contribution in [3.8, 4) is 0 Å². The Morgan fingerprint density at radius 3 is 2.74 bits per heavy atom. The van der Waals surface area contributed by atoms with Crippen LogP contribution >= 0.6 is 11.8 Å². The van der Waals surface area contributed by atoms with Gasteiger partial charge in [-0.05, 0) is 45.3 Å². The van der Waals surface area contributed by atoms with Crippen molar-refractivity contribution in [3.63, 3.8) is 0 Å². The molecule has 0 bridgehead atoms. The van der Waals surface area contributed by atoms with Gasteiger partial charge in [-0.2, -0.15) is 11.8 Å². The highest BCUT2D eigenvalue weighted by Crippen LogP contribution is 2.30. The summed E-state index contributed by atoms with van der Waals surface area (Å²) in [5, 5.41) is 4.01. The van der Waals surface area contributed by atoms with Gasteiger partial charge in [0.2, 0.25) is 0 Å². The Balaban J connectivity index is 1.80. The molecule has 0 amide bonds. The third-order valence-electron chi connectivity index (χ3n) is 3.98. The van der Waals surface area contributed by atoms with E-state index in [1.807, 2.05) is 18.7 Å². The Kier molecular flexibility index (Phi) is 5.15. The number of esters is 1. The zero-order valence-electron chi connectivity index (χ0n) is 12.1. The van der Waals surface area contributed by atoms with Crippen LogP contribution in [-0.4, -0.2) is 48.4 Å². The molecule has 2 rings (SSSR count). The molecule has 3 unspecified atom stereocenters. The second kappa shape index (κ2) is 6.46. The third kappa shape index (κ3) is 4.10. The predicted octanol–water partition coefficient (Wildman–Crippen LogP) is 1.97. The van der Waals surface area contributed by atoms with E-state index in [4.69, 9.17) is 9.47 Å². The van der Waals surface area contributed by atoms with E-state index in [1.165, 1.54) is 20.0 Å². The quantitative estimate of drug-likeness (QED) is 0.726. The highest BCUT2D eigenvalue weighted by molar-refractivity contribution is 7.99. The molecular formula is C14H25NO3S. The molecule has 1 saturated carbocycles. The molecule has 1 aliphatic heterocycles. The van der Waals surface area contributed by atoms with Crippen molar-refractivity contribution in [2.45, 2.75) is 62.5 Å². The predicted molar refractivity (Wildman–Crippen MR) is 77.5 cm³/mol. The number of ether oxygens (including phenoxy) is 2. The molecule has 2 fully saturated rings. The van der Waals surface area contributed by atoms with Crippen LogP contribution in [0.3, 0.4) is 0 Å². The summed E-state index contributed by atoms with van der Waals surface area (Å²) in [6.45, 7) is 4.96. The number of carbonyl (C=O) groups is 1. The van der Waals surface area contributed by atoms with Crippen molar-refractivity contribution >= 4 is 17.7 Å². The van der Waals surface area contributed by atoms with Crippen LogP contribution in [0.25, 0.3) is 0 Å². The first-order valence-electron chi connectivity index (χ1n) is 7.14. The van der Waals surface area contributed by atoms with E-state index < -0.39 is 5.54 Å². The van der Waals surface area contributed by atoms with Crippen molar-refractivity contribution in [2.75, 3.05) is 19.5 Å². The fourth-order valence-electron chi connectivity index (χ4n) is 2.48. The van der Waals surface area contributed by atoms with E-state index in [0.717, 1.165) is 25.2 Å². The van der Waals surface area contributed by atoms with Crippen LogP contribution in [-0.2, 0) is 14.3 Å². The Labute approximate surface area is 120 Å². The zero-order valence-corrected chi connectivity index (χ0v) is 12.9. The molecule has 0 aromatic heterocycles. The number of carbonyl (C=O) groups excluding carboxylic acids is 1. The molecule has 1 saturated heterocycles. The number of hydrogen-bond acceptors (Lipinski definition) is 5. The number of hydrogen-bond donors (Lipinski definition) is 1. The third-order valence-corrected chi connectivity index (χ3v) is 5.46.